The summed E-state index contributed by atoms with van der Waals surface area (Å²) in [5.41, 5.74) is 1.56. The molecule has 0 atom stereocenters. The van der Waals surface area contributed by atoms with Gasteiger partial charge in [-0.05, 0) is 48.8 Å². The van der Waals surface area contributed by atoms with Crippen molar-refractivity contribution < 1.29 is 9.53 Å². The van der Waals surface area contributed by atoms with Gasteiger partial charge in [0.1, 0.15) is 5.75 Å². The van der Waals surface area contributed by atoms with Crippen molar-refractivity contribution in [1.29, 1.82) is 0 Å². The quantitative estimate of drug-likeness (QED) is 0.738. The molecule has 0 spiro atoms. The molecule has 0 radical (unpaired) electrons. The molecule has 0 heterocycles. The van der Waals surface area contributed by atoms with E-state index in [2.05, 4.69) is 21.2 Å². The highest BCUT2D eigenvalue weighted by atomic mass is 79.9. The Balaban J connectivity index is 1.69. The zero-order chi connectivity index (χ0) is 14.4. The number of ether oxygens (including phenoxy) is 1. The summed E-state index contributed by atoms with van der Waals surface area (Å²) in [7, 11) is 1.66. The van der Waals surface area contributed by atoms with Gasteiger partial charge in [-0.25, -0.2) is 0 Å². The van der Waals surface area contributed by atoms with E-state index in [0.717, 1.165) is 30.5 Å². The Morgan fingerprint density at radius 1 is 1.35 bits per heavy atom. The summed E-state index contributed by atoms with van der Waals surface area (Å²) in [5, 5.41) is 4.10. The Labute approximate surface area is 129 Å². The van der Waals surface area contributed by atoms with Crippen LogP contribution in [0.2, 0.25) is 0 Å². The first-order chi connectivity index (χ1) is 9.67. The molecule has 0 saturated heterocycles. The van der Waals surface area contributed by atoms with Gasteiger partial charge < -0.3 is 10.1 Å². The van der Waals surface area contributed by atoms with E-state index in [1.54, 1.807) is 7.11 Å². The molecule has 20 heavy (non-hydrogen) atoms. The minimum atomic E-state index is 0.154. The van der Waals surface area contributed by atoms with E-state index < -0.39 is 0 Å². The average Bonchev–Trinajstić information content (AvgIpc) is 3.24. The zero-order valence-electron chi connectivity index (χ0n) is 12.0. The van der Waals surface area contributed by atoms with Crippen molar-refractivity contribution in [2.24, 2.45) is 5.41 Å². The second kappa shape index (κ2) is 7.11. The van der Waals surface area contributed by atoms with Crippen molar-refractivity contribution in [2.45, 2.75) is 32.1 Å². The molecule has 110 valence electrons. The predicted molar refractivity (Wildman–Crippen MR) is 84.4 cm³/mol. The first-order valence-corrected chi connectivity index (χ1v) is 8.25. The summed E-state index contributed by atoms with van der Waals surface area (Å²) in [6, 6.07) is 7.89. The number of hydrogen-bond acceptors (Lipinski definition) is 2. The molecule has 0 unspecified atom stereocenters. The Bertz CT molecular complexity index is 440. The molecule has 3 nitrogen and oxygen atoms in total. The molecule has 0 bridgehead atoms. The molecule has 1 aromatic carbocycles. The molecule has 1 N–H and O–H groups in total. The minimum Gasteiger partial charge on any atom is -0.497 e. The van der Waals surface area contributed by atoms with Crippen LogP contribution in [0.1, 0.15) is 31.2 Å². The summed E-state index contributed by atoms with van der Waals surface area (Å²) in [4.78, 5) is 11.9. The van der Waals surface area contributed by atoms with Crippen LogP contribution in [-0.4, -0.2) is 24.9 Å². The predicted octanol–water partition coefficient (Wildman–Crippen LogP) is 3.31. The third-order valence-corrected chi connectivity index (χ3v) is 4.44. The molecule has 0 aliphatic heterocycles. The lowest BCUT2D eigenvalue weighted by Gasteiger charge is -2.14. The van der Waals surface area contributed by atoms with Gasteiger partial charge in [0, 0.05) is 18.3 Å². The van der Waals surface area contributed by atoms with Gasteiger partial charge in [0.15, 0.2) is 0 Å². The molecule has 1 fully saturated rings. The molecular formula is C16H22BrNO2. The van der Waals surface area contributed by atoms with Crippen molar-refractivity contribution in [1.82, 2.24) is 5.32 Å². The number of alkyl halides is 1. The molecule has 1 aliphatic carbocycles. The van der Waals surface area contributed by atoms with Crippen LogP contribution in [0.4, 0.5) is 0 Å². The summed E-state index contributed by atoms with van der Waals surface area (Å²) >= 11 is 3.48. The van der Waals surface area contributed by atoms with Crippen molar-refractivity contribution in [3.05, 3.63) is 29.8 Å². The third-order valence-electron chi connectivity index (χ3n) is 4.04. The van der Waals surface area contributed by atoms with Crippen molar-refractivity contribution >= 4 is 21.8 Å². The van der Waals surface area contributed by atoms with E-state index in [1.165, 1.54) is 18.4 Å². The van der Waals surface area contributed by atoms with Crippen LogP contribution in [0, 0.1) is 5.41 Å². The minimum absolute atomic E-state index is 0.154. The van der Waals surface area contributed by atoms with Crippen molar-refractivity contribution in [2.75, 3.05) is 19.0 Å². The van der Waals surface area contributed by atoms with E-state index in [0.29, 0.717) is 11.8 Å². The number of amides is 1. The Morgan fingerprint density at radius 2 is 2.05 bits per heavy atom. The average molecular weight is 340 g/mol. The summed E-state index contributed by atoms with van der Waals surface area (Å²) in [6.45, 7) is 0.833. The molecule has 1 saturated carbocycles. The van der Waals surface area contributed by atoms with Crippen molar-refractivity contribution in [3.63, 3.8) is 0 Å². The fourth-order valence-electron chi connectivity index (χ4n) is 2.32. The largest absolute Gasteiger partial charge is 0.497 e. The molecule has 2 rings (SSSR count). The van der Waals surface area contributed by atoms with Crippen LogP contribution in [0.5, 0.6) is 5.75 Å². The van der Waals surface area contributed by atoms with Gasteiger partial charge in [-0.2, -0.15) is 0 Å². The topological polar surface area (TPSA) is 38.3 Å². The first-order valence-electron chi connectivity index (χ1n) is 7.13. The van der Waals surface area contributed by atoms with Crippen LogP contribution >= 0.6 is 15.9 Å². The monoisotopic (exact) mass is 339 g/mol. The zero-order valence-corrected chi connectivity index (χ0v) is 13.5. The molecule has 1 aliphatic rings. The second-order valence-corrected chi connectivity index (χ2v) is 6.36. The number of methoxy groups -OCH3 is 1. The Morgan fingerprint density at radius 3 is 2.60 bits per heavy atom. The molecule has 1 aromatic rings. The number of hydrogen-bond donors (Lipinski definition) is 1. The maximum atomic E-state index is 11.9. The highest BCUT2D eigenvalue weighted by Crippen LogP contribution is 2.48. The number of benzene rings is 1. The SMILES string of the molecule is COc1ccc(CCC(=O)NCC2(CCBr)CC2)cc1. The summed E-state index contributed by atoms with van der Waals surface area (Å²) in [5.74, 6) is 1.00. The fraction of sp³-hybridized carbons (Fsp3) is 0.562. The van der Waals surface area contributed by atoms with E-state index in [-0.39, 0.29) is 5.91 Å². The van der Waals surface area contributed by atoms with Crippen LogP contribution in [-0.2, 0) is 11.2 Å². The van der Waals surface area contributed by atoms with Crippen LogP contribution in [0.3, 0.4) is 0 Å². The standard InChI is InChI=1S/C16H22BrNO2/c1-20-14-5-2-13(3-6-14)4-7-15(19)18-12-16(8-9-16)10-11-17/h2-3,5-6H,4,7-12H2,1H3,(H,18,19). The van der Waals surface area contributed by atoms with Gasteiger partial charge in [0.05, 0.1) is 7.11 Å². The van der Waals surface area contributed by atoms with Gasteiger partial charge in [0.2, 0.25) is 5.91 Å². The fourth-order valence-corrected chi connectivity index (χ4v) is 3.16. The number of carbonyl (C=O) groups is 1. The summed E-state index contributed by atoms with van der Waals surface area (Å²) < 4.78 is 5.12. The molecule has 4 heteroatoms. The van der Waals surface area contributed by atoms with Gasteiger partial charge >= 0.3 is 0 Å². The van der Waals surface area contributed by atoms with Gasteiger partial charge in [-0.15, -0.1) is 0 Å². The lowest BCUT2D eigenvalue weighted by atomic mass is 10.0. The highest BCUT2D eigenvalue weighted by molar-refractivity contribution is 9.09. The van der Waals surface area contributed by atoms with E-state index in [1.807, 2.05) is 24.3 Å². The number of rotatable bonds is 8. The lowest BCUT2D eigenvalue weighted by molar-refractivity contribution is -0.121. The first kappa shape index (κ1) is 15.4. The molecule has 1 amide bonds. The molecular weight excluding hydrogens is 318 g/mol. The number of nitrogens with one attached hydrogen (secondary N) is 1. The maximum absolute atomic E-state index is 11.9. The highest BCUT2D eigenvalue weighted by Gasteiger charge is 2.41. The van der Waals surface area contributed by atoms with Crippen molar-refractivity contribution in [3.8, 4) is 5.75 Å². The maximum Gasteiger partial charge on any atom is 0.220 e. The van der Waals surface area contributed by atoms with Crippen LogP contribution in [0.15, 0.2) is 24.3 Å². The number of halogens is 1. The second-order valence-electron chi connectivity index (χ2n) is 5.56. The smallest absolute Gasteiger partial charge is 0.220 e. The Hall–Kier alpha value is -1.03. The normalized spacial score (nSPS) is 15.7. The summed E-state index contributed by atoms with van der Waals surface area (Å²) in [6.07, 6.45) is 4.98. The van der Waals surface area contributed by atoms with E-state index in [9.17, 15) is 4.79 Å². The van der Waals surface area contributed by atoms with Gasteiger partial charge in [0.25, 0.3) is 0 Å². The van der Waals surface area contributed by atoms with E-state index in [4.69, 9.17) is 4.74 Å². The van der Waals surface area contributed by atoms with E-state index >= 15 is 0 Å². The van der Waals surface area contributed by atoms with Crippen LogP contribution in [0.25, 0.3) is 0 Å². The van der Waals surface area contributed by atoms with Gasteiger partial charge in [-0.3, -0.25) is 4.79 Å². The number of carbonyl (C=O) groups excluding carboxylic acids is 1. The van der Waals surface area contributed by atoms with Gasteiger partial charge in [-0.1, -0.05) is 28.1 Å². The number of aryl methyl sites for hydroxylation is 1. The Kier molecular flexibility index (Phi) is 5.46. The third kappa shape index (κ3) is 4.51. The molecule has 0 aromatic heterocycles. The lowest BCUT2D eigenvalue weighted by Crippen LogP contribution is -2.30. The van der Waals surface area contributed by atoms with Crippen LogP contribution < -0.4 is 10.1 Å².